The van der Waals surface area contributed by atoms with Crippen molar-refractivity contribution < 1.29 is 0 Å². The van der Waals surface area contributed by atoms with Gasteiger partial charge in [-0.05, 0) is 62.7 Å². The van der Waals surface area contributed by atoms with E-state index in [0.29, 0.717) is 5.95 Å². The third kappa shape index (κ3) is 3.13. The molecule has 0 saturated heterocycles. The molecule has 48 heavy (non-hydrogen) atoms. The average Bonchev–Trinajstić information content (AvgIpc) is 3.76. The average molecular weight is 610 g/mol. The zero-order valence-electron chi connectivity index (χ0n) is 25.9. The second-order valence-electron chi connectivity index (χ2n) is 12.9. The summed E-state index contributed by atoms with van der Waals surface area (Å²) in [6.45, 7) is 0. The summed E-state index contributed by atoms with van der Waals surface area (Å²) in [7, 11) is 0. The SMILES string of the molecule is c1ccc(-c2nc(-n3c4ccccc4c4c5c(ccc43)C3(c4ccccc4-c4ccccc43)c3ccccc3-5)nc3ccccc23)cc1. The van der Waals surface area contributed by atoms with Gasteiger partial charge in [-0.15, -0.1) is 0 Å². The number of rotatable bonds is 2. The molecule has 2 aromatic heterocycles. The first-order chi connectivity index (χ1) is 23.8. The van der Waals surface area contributed by atoms with Gasteiger partial charge >= 0.3 is 0 Å². The standard InChI is InChI=1S/C45H27N3/c1-2-14-28(15-3-1)43-32-19-7-12-24-38(32)46-44(47-43)48-39-25-13-8-20-33(39)42-40(48)27-26-37-41(42)31-18-6-11-23-36(31)45(37)34-21-9-4-16-29(34)30-17-5-10-22-35(30)45/h1-27H. The Morgan fingerprint density at radius 2 is 1.00 bits per heavy atom. The third-order valence-corrected chi connectivity index (χ3v) is 10.6. The number of para-hydroxylation sites is 2. The lowest BCUT2D eigenvalue weighted by atomic mass is 9.70. The zero-order chi connectivity index (χ0) is 31.4. The van der Waals surface area contributed by atoms with Gasteiger partial charge in [-0.3, -0.25) is 4.57 Å². The van der Waals surface area contributed by atoms with E-state index in [-0.39, 0.29) is 0 Å². The van der Waals surface area contributed by atoms with Crippen LogP contribution in [0.2, 0.25) is 0 Å². The smallest absolute Gasteiger partial charge is 0.235 e. The fourth-order valence-corrected chi connectivity index (χ4v) is 8.84. The van der Waals surface area contributed by atoms with E-state index in [4.69, 9.17) is 9.97 Å². The lowest BCUT2D eigenvalue weighted by molar-refractivity contribution is 0.794. The predicted molar refractivity (Wildman–Crippen MR) is 196 cm³/mol. The van der Waals surface area contributed by atoms with Crippen LogP contribution in [-0.2, 0) is 5.41 Å². The van der Waals surface area contributed by atoms with E-state index in [2.05, 4.69) is 162 Å². The first-order valence-electron chi connectivity index (χ1n) is 16.5. The van der Waals surface area contributed by atoms with E-state index in [0.717, 1.165) is 33.2 Å². The zero-order valence-corrected chi connectivity index (χ0v) is 25.9. The number of nitrogens with zero attached hydrogens (tertiary/aromatic N) is 3. The van der Waals surface area contributed by atoms with Crippen LogP contribution >= 0.6 is 0 Å². The molecule has 0 N–H and O–H groups in total. The Morgan fingerprint density at radius 1 is 0.417 bits per heavy atom. The Balaban J connectivity index is 1.28. The molecule has 9 aromatic rings. The molecule has 1 spiro atoms. The van der Waals surface area contributed by atoms with Gasteiger partial charge in [0.15, 0.2) is 0 Å². The number of hydrogen-bond donors (Lipinski definition) is 0. The minimum atomic E-state index is -0.392. The van der Waals surface area contributed by atoms with Crippen molar-refractivity contribution in [3.8, 4) is 39.5 Å². The largest absolute Gasteiger partial charge is 0.278 e. The van der Waals surface area contributed by atoms with Gasteiger partial charge in [0.05, 0.1) is 27.7 Å². The monoisotopic (exact) mass is 609 g/mol. The fraction of sp³-hybridized carbons (Fsp3) is 0.0222. The predicted octanol–water partition coefficient (Wildman–Crippen LogP) is 10.7. The maximum atomic E-state index is 5.33. The van der Waals surface area contributed by atoms with E-state index in [1.807, 2.05) is 6.07 Å². The fourth-order valence-electron chi connectivity index (χ4n) is 8.84. The molecule has 0 aliphatic heterocycles. The molecule has 2 aliphatic rings. The molecule has 0 atom stereocenters. The quantitative estimate of drug-likeness (QED) is 0.195. The van der Waals surface area contributed by atoms with E-state index in [9.17, 15) is 0 Å². The minimum Gasteiger partial charge on any atom is -0.278 e. The highest BCUT2D eigenvalue weighted by molar-refractivity contribution is 6.18. The van der Waals surface area contributed by atoms with E-state index in [1.54, 1.807) is 0 Å². The normalized spacial score (nSPS) is 13.6. The third-order valence-electron chi connectivity index (χ3n) is 10.6. The highest BCUT2D eigenvalue weighted by atomic mass is 15.2. The van der Waals surface area contributed by atoms with Crippen LogP contribution < -0.4 is 0 Å². The van der Waals surface area contributed by atoms with Crippen LogP contribution in [0.3, 0.4) is 0 Å². The van der Waals surface area contributed by atoms with Gasteiger partial charge in [-0.1, -0.05) is 146 Å². The number of hydrogen-bond acceptors (Lipinski definition) is 2. The maximum absolute atomic E-state index is 5.33. The molecule has 7 aromatic carbocycles. The Kier molecular flexibility index (Phi) is 5.04. The van der Waals surface area contributed by atoms with Crippen molar-refractivity contribution in [1.82, 2.24) is 14.5 Å². The number of fused-ring (bicyclic) bond motifs is 15. The summed E-state index contributed by atoms with van der Waals surface area (Å²) < 4.78 is 2.27. The Labute approximate surface area is 277 Å². The van der Waals surface area contributed by atoms with Crippen molar-refractivity contribution in [2.45, 2.75) is 5.41 Å². The van der Waals surface area contributed by atoms with Crippen LogP contribution in [0.5, 0.6) is 0 Å². The molecule has 3 nitrogen and oxygen atoms in total. The van der Waals surface area contributed by atoms with Gasteiger partial charge in [0.1, 0.15) is 0 Å². The second kappa shape index (κ2) is 9.37. The number of aromatic nitrogens is 3. The molecule has 11 rings (SSSR count). The van der Waals surface area contributed by atoms with Crippen molar-refractivity contribution in [2.24, 2.45) is 0 Å². The summed E-state index contributed by atoms with van der Waals surface area (Å²) in [5, 5.41) is 3.49. The van der Waals surface area contributed by atoms with Gasteiger partial charge in [0.2, 0.25) is 5.95 Å². The summed E-state index contributed by atoms with van der Waals surface area (Å²) in [5.41, 5.74) is 15.4. The molecular weight excluding hydrogens is 583 g/mol. The van der Waals surface area contributed by atoms with Crippen LogP contribution in [0, 0.1) is 0 Å². The Morgan fingerprint density at radius 3 is 1.75 bits per heavy atom. The molecule has 0 bridgehead atoms. The van der Waals surface area contributed by atoms with Crippen LogP contribution in [0.15, 0.2) is 164 Å². The molecule has 222 valence electrons. The van der Waals surface area contributed by atoms with E-state index >= 15 is 0 Å². The van der Waals surface area contributed by atoms with Gasteiger partial charge in [-0.2, -0.15) is 0 Å². The lowest BCUT2D eigenvalue weighted by Crippen LogP contribution is -2.25. The Bertz CT molecular complexity index is 2740. The first kappa shape index (κ1) is 25.8. The van der Waals surface area contributed by atoms with Crippen LogP contribution in [-0.4, -0.2) is 14.5 Å². The summed E-state index contributed by atoms with van der Waals surface area (Å²) in [5.74, 6) is 0.677. The molecule has 2 heterocycles. The van der Waals surface area contributed by atoms with Crippen LogP contribution in [0.25, 0.3) is 72.2 Å². The molecular formula is C45H27N3. The molecule has 0 saturated carbocycles. The van der Waals surface area contributed by atoms with E-state index in [1.165, 1.54) is 55.3 Å². The molecule has 0 amide bonds. The molecule has 3 heteroatoms. The van der Waals surface area contributed by atoms with Gasteiger partial charge in [0.25, 0.3) is 0 Å². The summed E-state index contributed by atoms with van der Waals surface area (Å²) in [6, 6.07) is 59.2. The van der Waals surface area contributed by atoms with Crippen molar-refractivity contribution >= 4 is 32.7 Å². The van der Waals surface area contributed by atoms with E-state index < -0.39 is 5.41 Å². The molecule has 0 unspecified atom stereocenters. The van der Waals surface area contributed by atoms with Crippen LogP contribution in [0.1, 0.15) is 22.3 Å². The number of benzene rings is 7. The first-order valence-corrected chi connectivity index (χ1v) is 16.5. The highest BCUT2D eigenvalue weighted by Crippen LogP contribution is 2.64. The minimum absolute atomic E-state index is 0.392. The maximum Gasteiger partial charge on any atom is 0.235 e. The molecule has 0 radical (unpaired) electrons. The van der Waals surface area contributed by atoms with Crippen molar-refractivity contribution in [2.75, 3.05) is 0 Å². The van der Waals surface area contributed by atoms with Crippen molar-refractivity contribution in [3.05, 3.63) is 186 Å². The van der Waals surface area contributed by atoms with Crippen molar-refractivity contribution in [3.63, 3.8) is 0 Å². The van der Waals surface area contributed by atoms with Crippen molar-refractivity contribution in [1.29, 1.82) is 0 Å². The van der Waals surface area contributed by atoms with Crippen LogP contribution in [0.4, 0.5) is 0 Å². The summed E-state index contributed by atoms with van der Waals surface area (Å²) in [6.07, 6.45) is 0. The summed E-state index contributed by atoms with van der Waals surface area (Å²) in [4.78, 5) is 10.6. The topological polar surface area (TPSA) is 30.7 Å². The molecule has 2 aliphatic carbocycles. The second-order valence-corrected chi connectivity index (χ2v) is 12.9. The Hall–Kier alpha value is -6.32. The lowest BCUT2D eigenvalue weighted by Gasteiger charge is -2.30. The van der Waals surface area contributed by atoms with Gasteiger partial charge < -0.3 is 0 Å². The van der Waals surface area contributed by atoms with Gasteiger partial charge in [-0.25, -0.2) is 9.97 Å². The molecule has 0 fully saturated rings. The summed E-state index contributed by atoms with van der Waals surface area (Å²) >= 11 is 0. The highest BCUT2D eigenvalue weighted by Gasteiger charge is 2.52. The van der Waals surface area contributed by atoms with Gasteiger partial charge in [0, 0.05) is 21.7 Å².